The van der Waals surface area contributed by atoms with E-state index in [0.29, 0.717) is 12.0 Å². The number of benzene rings is 1. The molecule has 0 saturated heterocycles. The molecule has 2 nitrogen and oxygen atoms in total. The molecule has 0 saturated carbocycles. The van der Waals surface area contributed by atoms with Crippen LogP contribution in [0.1, 0.15) is 24.2 Å². The van der Waals surface area contributed by atoms with Crippen LogP contribution in [-0.2, 0) is 6.42 Å². The van der Waals surface area contributed by atoms with Gasteiger partial charge >= 0.3 is 6.18 Å². The Morgan fingerprint density at radius 2 is 1.88 bits per heavy atom. The minimum atomic E-state index is -4.64. The SMILES string of the molecule is CC(N)Cc1ccccc1C(O)C(F)(F)F. The molecule has 90 valence electrons. The second-order valence-corrected chi connectivity index (χ2v) is 3.82. The van der Waals surface area contributed by atoms with Crippen molar-refractivity contribution in [1.29, 1.82) is 0 Å². The average molecular weight is 233 g/mol. The van der Waals surface area contributed by atoms with Crippen LogP contribution in [0.2, 0.25) is 0 Å². The Hall–Kier alpha value is -1.07. The zero-order valence-electron chi connectivity index (χ0n) is 8.83. The maximum atomic E-state index is 12.4. The van der Waals surface area contributed by atoms with Crippen LogP contribution in [0.25, 0.3) is 0 Å². The molecule has 1 aromatic rings. The van der Waals surface area contributed by atoms with Gasteiger partial charge in [-0.15, -0.1) is 0 Å². The Labute approximate surface area is 91.9 Å². The van der Waals surface area contributed by atoms with Gasteiger partial charge in [-0.3, -0.25) is 0 Å². The normalized spacial score (nSPS) is 15.9. The molecular formula is C11H14F3NO. The molecule has 0 aliphatic rings. The number of rotatable bonds is 3. The van der Waals surface area contributed by atoms with Crippen molar-refractivity contribution in [3.05, 3.63) is 35.4 Å². The number of hydrogen-bond acceptors (Lipinski definition) is 2. The molecule has 0 fully saturated rings. The van der Waals surface area contributed by atoms with Crippen molar-refractivity contribution in [2.24, 2.45) is 5.73 Å². The molecule has 0 aromatic heterocycles. The summed E-state index contributed by atoms with van der Waals surface area (Å²) in [5, 5.41) is 9.18. The highest BCUT2D eigenvalue weighted by molar-refractivity contribution is 5.30. The molecule has 1 rings (SSSR count). The van der Waals surface area contributed by atoms with E-state index < -0.39 is 12.3 Å². The Balaban J connectivity index is 3.03. The summed E-state index contributed by atoms with van der Waals surface area (Å²) < 4.78 is 37.1. The standard InChI is InChI=1S/C11H14F3NO/c1-7(15)6-8-4-2-3-5-9(8)10(16)11(12,13)14/h2-5,7,10,16H,6,15H2,1H3. The van der Waals surface area contributed by atoms with Crippen LogP contribution in [0.4, 0.5) is 13.2 Å². The molecule has 5 heteroatoms. The van der Waals surface area contributed by atoms with Crippen LogP contribution in [0.15, 0.2) is 24.3 Å². The minimum Gasteiger partial charge on any atom is -0.379 e. The predicted molar refractivity (Wildman–Crippen MR) is 54.8 cm³/mol. The quantitative estimate of drug-likeness (QED) is 0.840. The van der Waals surface area contributed by atoms with Gasteiger partial charge in [-0.25, -0.2) is 0 Å². The number of alkyl halides is 3. The monoisotopic (exact) mass is 233 g/mol. The maximum absolute atomic E-state index is 12.4. The molecule has 0 aliphatic heterocycles. The topological polar surface area (TPSA) is 46.2 Å². The number of nitrogens with two attached hydrogens (primary N) is 1. The van der Waals surface area contributed by atoms with Gasteiger partial charge in [0.2, 0.25) is 0 Å². The van der Waals surface area contributed by atoms with Crippen LogP contribution in [-0.4, -0.2) is 17.3 Å². The number of hydrogen-bond donors (Lipinski definition) is 2. The first-order chi connectivity index (χ1) is 7.32. The molecule has 2 atom stereocenters. The summed E-state index contributed by atoms with van der Waals surface area (Å²) in [5.74, 6) is 0. The van der Waals surface area contributed by atoms with E-state index in [-0.39, 0.29) is 11.6 Å². The second-order valence-electron chi connectivity index (χ2n) is 3.82. The summed E-state index contributed by atoms with van der Waals surface area (Å²) in [6, 6.07) is 5.67. The number of aliphatic hydroxyl groups excluding tert-OH is 1. The van der Waals surface area contributed by atoms with E-state index in [1.165, 1.54) is 12.1 Å². The van der Waals surface area contributed by atoms with Gasteiger partial charge in [0.05, 0.1) is 0 Å². The lowest BCUT2D eigenvalue weighted by molar-refractivity contribution is -0.207. The molecule has 0 bridgehead atoms. The molecule has 0 aliphatic carbocycles. The fraction of sp³-hybridized carbons (Fsp3) is 0.455. The summed E-state index contributed by atoms with van der Waals surface area (Å²) in [4.78, 5) is 0. The first kappa shape index (κ1) is 13.0. The van der Waals surface area contributed by atoms with Crippen molar-refractivity contribution in [3.63, 3.8) is 0 Å². The number of aliphatic hydroxyl groups is 1. The Morgan fingerprint density at radius 3 is 2.38 bits per heavy atom. The fourth-order valence-corrected chi connectivity index (χ4v) is 1.51. The molecule has 2 unspecified atom stereocenters. The lowest BCUT2D eigenvalue weighted by Crippen LogP contribution is -2.24. The van der Waals surface area contributed by atoms with Crippen LogP contribution >= 0.6 is 0 Å². The lowest BCUT2D eigenvalue weighted by atomic mass is 9.97. The first-order valence-corrected chi connectivity index (χ1v) is 4.90. The molecule has 3 N–H and O–H groups in total. The maximum Gasteiger partial charge on any atom is 0.418 e. The molecule has 1 aromatic carbocycles. The summed E-state index contributed by atoms with van der Waals surface area (Å²) in [7, 11) is 0. The average Bonchev–Trinajstić information content (AvgIpc) is 2.15. The van der Waals surface area contributed by atoms with Crippen molar-refractivity contribution >= 4 is 0 Å². The van der Waals surface area contributed by atoms with E-state index in [4.69, 9.17) is 5.73 Å². The van der Waals surface area contributed by atoms with E-state index in [9.17, 15) is 18.3 Å². The van der Waals surface area contributed by atoms with Gasteiger partial charge in [0.25, 0.3) is 0 Å². The van der Waals surface area contributed by atoms with Crippen molar-refractivity contribution in [2.75, 3.05) is 0 Å². The van der Waals surface area contributed by atoms with Gasteiger partial charge in [-0.1, -0.05) is 24.3 Å². The largest absolute Gasteiger partial charge is 0.418 e. The molecule has 0 spiro atoms. The smallest absolute Gasteiger partial charge is 0.379 e. The Morgan fingerprint density at radius 1 is 1.31 bits per heavy atom. The highest BCUT2D eigenvalue weighted by Gasteiger charge is 2.40. The highest BCUT2D eigenvalue weighted by Crippen LogP contribution is 2.34. The summed E-state index contributed by atoms with van der Waals surface area (Å²) in [6.07, 6.45) is -6.78. The van der Waals surface area contributed by atoms with Crippen LogP contribution in [0.5, 0.6) is 0 Å². The van der Waals surface area contributed by atoms with E-state index in [0.717, 1.165) is 0 Å². The lowest BCUT2D eigenvalue weighted by Gasteiger charge is -2.19. The first-order valence-electron chi connectivity index (χ1n) is 4.90. The van der Waals surface area contributed by atoms with Crippen molar-refractivity contribution in [2.45, 2.75) is 31.7 Å². The Bertz CT molecular complexity index is 349. The fourth-order valence-electron chi connectivity index (χ4n) is 1.51. The summed E-state index contributed by atoms with van der Waals surface area (Å²) >= 11 is 0. The van der Waals surface area contributed by atoms with Crippen LogP contribution < -0.4 is 5.73 Å². The molecule has 0 heterocycles. The van der Waals surface area contributed by atoms with Crippen LogP contribution in [0, 0.1) is 0 Å². The highest BCUT2D eigenvalue weighted by atomic mass is 19.4. The molecular weight excluding hydrogens is 219 g/mol. The molecule has 0 amide bonds. The van der Waals surface area contributed by atoms with E-state index in [1.807, 2.05) is 0 Å². The van der Waals surface area contributed by atoms with Crippen LogP contribution in [0.3, 0.4) is 0 Å². The van der Waals surface area contributed by atoms with Gasteiger partial charge in [0, 0.05) is 6.04 Å². The number of halogens is 3. The summed E-state index contributed by atoms with van der Waals surface area (Å²) in [6.45, 7) is 1.71. The second kappa shape index (κ2) is 4.84. The van der Waals surface area contributed by atoms with Gasteiger partial charge < -0.3 is 10.8 Å². The zero-order chi connectivity index (χ0) is 12.3. The van der Waals surface area contributed by atoms with E-state index in [1.54, 1.807) is 19.1 Å². The Kier molecular flexibility index (Phi) is 3.93. The van der Waals surface area contributed by atoms with E-state index in [2.05, 4.69) is 0 Å². The van der Waals surface area contributed by atoms with Crippen molar-refractivity contribution in [3.8, 4) is 0 Å². The van der Waals surface area contributed by atoms with Gasteiger partial charge in [0.1, 0.15) is 0 Å². The van der Waals surface area contributed by atoms with Crippen molar-refractivity contribution < 1.29 is 18.3 Å². The summed E-state index contributed by atoms with van der Waals surface area (Å²) in [5.41, 5.74) is 5.85. The third-order valence-corrected chi connectivity index (χ3v) is 2.20. The third kappa shape index (κ3) is 3.21. The third-order valence-electron chi connectivity index (χ3n) is 2.20. The van der Waals surface area contributed by atoms with E-state index >= 15 is 0 Å². The molecule has 0 radical (unpaired) electrons. The molecule has 16 heavy (non-hydrogen) atoms. The predicted octanol–water partition coefficient (Wildman–Crippen LogP) is 2.17. The van der Waals surface area contributed by atoms with Gasteiger partial charge in [0.15, 0.2) is 6.10 Å². The van der Waals surface area contributed by atoms with Crippen molar-refractivity contribution in [1.82, 2.24) is 0 Å². The van der Waals surface area contributed by atoms with Gasteiger partial charge in [-0.05, 0) is 24.5 Å². The zero-order valence-corrected chi connectivity index (χ0v) is 8.83. The van der Waals surface area contributed by atoms with Gasteiger partial charge in [-0.2, -0.15) is 13.2 Å². The minimum absolute atomic E-state index is 0.118.